The van der Waals surface area contributed by atoms with E-state index < -0.39 is 30.4 Å². The summed E-state index contributed by atoms with van der Waals surface area (Å²) in [7, 11) is 1.48. The third-order valence-electron chi connectivity index (χ3n) is 5.95. The second-order valence-electron chi connectivity index (χ2n) is 8.91. The van der Waals surface area contributed by atoms with Gasteiger partial charge in [0.05, 0.1) is 0 Å². The summed E-state index contributed by atoms with van der Waals surface area (Å²) < 4.78 is 10.3. The maximum absolute atomic E-state index is 13.1. The molecular weight excluding hydrogens is 448 g/mol. The molecule has 1 N–H and O–H groups in total. The third-order valence-corrected chi connectivity index (χ3v) is 6.28. The Morgan fingerprint density at radius 3 is 2.36 bits per heavy atom. The van der Waals surface area contributed by atoms with Crippen molar-refractivity contribution >= 4 is 35.4 Å². The van der Waals surface area contributed by atoms with E-state index in [1.54, 1.807) is 52.0 Å². The van der Waals surface area contributed by atoms with E-state index in [0.29, 0.717) is 23.4 Å². The van der Waals surface area contributed by atoms with Crippen LogP contribution in [0.3, 0.4) is 0 Å². The molecule has 2 atom stereocenters. The molecule has 182 valence electrons. The molecule has 1 aliphatic carbocycles. The Balaban J connectivity index is 2.10. The zero-order chi connectivity index (χ0) is 24.8. The number of hydrogen-bond donors (Lipinski definition) is 1. The number of hydrogen-bond acceptors (Lipinski definition) is 6. The normalized spacial score (nSPS) is 19.2. The molecule has 2 rings (SSSR count). The number of ketones is 1. The van der Waals surface area contributed by atoms with Crippen LogP contribution in [0.4, 0.5) is 4.79 Å². The number of halogens is 1. The fourth-order valence-electron chi connectivity index (χ4n) is 3.93. The molecule has 1 saturated carbocycles. The number of rotatable bonds is 8. The van der Waals surface area contributed by atoms with Crippen LogP contribution in [0, 0.1) is 11.8 Å². The molecule has 1 aromatic carbocycles. The van der Waals surface area contributed by atoms with Gasteiger partial charge < -0.3 is 14.8 Å². The number of carbonyl (C=O) groups excluding carboxylic acids is 4. The molecule has 8 nitrogen and oxygen atoms in total. The van der Waals surface area contributed by atoms with Crippen LogP contribution in [-0.4, -0.2) is 48.5 Å². The largest absolute Gasteiger partial charge is 0.426 e. The topological polar surface area (TPSA) is 102 Å². The van der Waals surface area contributed by atoms with Crippen LogP contribution in [0.25, 0.3) is 0 Å². The third kappa shape index (κ3) is 6.05. The standard InChI is InChI=1S/C24H33ClN2O6/c1-15(2)20(26-21(29)16(3)4)22(30)32-14-33-23(31)27(5)24(13-9-8-12-19(24)28)17-10-6-7-11-18(17)25/h6-7,10-11,15-16,20H,8-9,12-14H2,1-5H3,(H,26,29)/t20?,24-/m0/s1. The first-order valence-electron chi connectivity index (χ1n) is 11.2. The molecule has 0 aromatic heterocycles. The lowest BCUT2D eigenvalue weighted by molar-refractivity contribution is -0.158. The van der Waals surface area contributed by atoms with Gasteiger partial charge in [-0.15, -0.1) is 0 Å². The van der Waals surface area contributed by atoms with Crippen LogP contribution >= 0.6 is 11.6 Å². The van der Waals surface area contributed by atoms with Crippen LogP contribution in [0.2, 0.25) is 5.02 Å². The Morgan fingerprint density at radius 1 is 1.12 bits per heavy atom. The lowest BCUT2D eigenvalue weighted by Crippen LogP contribution is -2.54. The van der Waals surface area contributed by atoms with Crippen molar-refractivity contribution in [1.82, 2.24) is 10.2 Å². The molecule has 0 radical (unpaired) electrons. The quantitative estimate of drug-likeness (QED) is 0.445. The number of ether oxygens (including phenoxy) is 2. The highest BCUT2D eigenvalue weighted by molar-refractivity contribution is 6.31. The van der Waals surface area contributed by atoms with Crippen molar-refractivity contribution in [3.05, 3.63) is 34.9 Å². The molecule has 9 heteroatoms. The van der Waals surface area contributed by atoms with Crippen LogP contribution in [0.1, 0.15) is 58.9 Å². The summed E-state index contributed by atoms with van der Waals surface area (Å²) in [6, 6.07) is 6.07. The van der Waals surface area contributed by atoms with Crippen molar-refractivity contribution in [1.29, 1.82) is 0 Å². The van der Waals surface area contributed by atoms with Gasteiger partial charge in [-0.05, 0) is 31.2 Å². The number of esters is 1. The molecule has 1 aromatic rings. The van der Waals surface area contributed by atoms with Gasteiger partial charge in [-0.2, -0.15) is 0 Å². The molecule has 0 aliphatic heterocycles. The average molecular weight is 481 g/mol. The zero-order valence-corrected chi connectivity index (χ0v) is 20.6. The molecular formula is C24H33ClN2O6. The molecule has 0 saturated heterocycles. The number of nitrogens with one attached hydrogen (secondary N) is 1. The molecule has 0 bridgehead atoms. The number of amides is 2. The summed E-state index contributed by atoms with van der Waals surface area (Å²) in [5.41, 5.74) is -0.701. The number of carbonyl (C=O) groups is 4. The van der Waals surface area contributed by atoms with E-state index >= 15 is 0 Å². The maximum Gasteiger partial charge on any atom is 0.413 e. The number of Topliss-reactive ketones (excluding diaryl/α,β-unsaturated/α-hetero) is 1. The van der Waals surface area contributed by atoms with Gasteiger partial charge in [-0.25, -0.2) is 9.59 Å². The molecule has 1 aliphatic rings. The summed E-state index contributed by atoms with van der Waals surface area (Å²) in [5, 5.41) is 3.03. The van der Waals surface area contributed by atoms with E-state index in [-0.39, 0.29) is 23.5 Å². The lowest BCUT2D eigenvalue weighted by atomic mass is 9.74. The van der Waals surface area contributed by atoms with E-state index in [4.69, 9.17) is 21.1 Å². The van der Waals surface area contributed by atoms with E-state index in [9.17, 15) is 19.2 Å². The predicted molar refractivity (Wildman–Crippen MR) is 123 cm³/mol. The van der Waals surface area contributed by atoms with Crippen LogP contribution in [0.5, 0.6) is 0 Å². The monoisotopic (exact) mass is 480 g/mol. The predicted octanol–water partition coefficient (Wildman–Crippen LogP) is 4.04. The fraction of sp³-hybridized carbons (Fsp3) is 0.583. The molecule has 1 fully saturated rings. The van der Waals surface area contributed by atoms with Crippen molar-refractivity contribution in [3.63, 3.8) is 0 Å². The SMILES string of the molecule is CC(C)C(=O)NC(C(=O)OCOC(=O)N(C)[C@]1(c2ccccc2Cl)CCCCC1=O)C(C)C. The Labute approximate surface area is 199 Å². The summed E-state index contributed by atoms with van der Waals surface area (Å²) in [6.45, 7) is 6.34. The Kier molecular flexibility index (Phi) is 9.28. The summed E-state index contributed by atoms with van der Waals surface area (Å²) >= 11 is 6.40. The minimum absolute atomic E-state index is 0.116. The first kappa shape index (κ1) is 26.6. The van der Waals surface area contributed by atoms with Crippen molar-refractivity contribution < 1.29 is 28.7 Å². The van der Waals surface area contributed by atoms with Gasteiger partial charge in [-0.1, -0.05) is 57.5 Å². The minimum atomic E-state index is -1.25. The van der Waals surface area contributed by atoms with Gasteiger partial charge in [0.1, 0.15) is 11.6 Å². The highest BCUT2D eigenvalue weighted by Gasteiger charge is 2.48. The van der Waals surface area contributed by atoms with Gasteiger partial charge >= 0.3 is 12.1 Å². The molecule has 1 unspecified atom stereocenters. The van der Waals surface area contributed by atoms with Crippen molar-refractivity contribution in [2.24, 2.45) is 11.8 Å². The highest BCUT2D eigenvalue weighted by Crippen LogP contribution is 2.42. The number of likely N-dealkylation sites (N-methyl/N-ethyl adjacent to an activating group) is 1. The Hall–Kier alpha value is -2.61. The van der Waals surface area contributed by atoms with Gasteiger partial charge in [0.25, 0.3) is 0 Å². The summed E-state index contributed by atoms with van der Waals surface area (Å²) in [4.78, 5) is 51.6. The Bertz CT molecular complexity index is 887. The van der Waals surface area contributed by atoms with Crippen molar-refractivity contribution in [2.75, 3.05) is 13.8 Å². The van der Waals surface area contributed by atoms with Crippen LogP contribution in [0.15, 0.2) is 24.3 Å². The Morgan fingerprint density at radius 2 is 1.79 bits per heavy atom. The molecule has 0 spiro atoms. The fourth-order valence-corrected chi connectivity index (χ4v) is 4.22. The van der Waals surface area contributed by atoms with Crippen molar-refractivity contribution in [3.8, 4) is 0 Å². The van der Waals surface area contributed by atoms with Gasteiger partial charge in [0, 0.05) is 30.0 Å². The van der Waals surface area contributed by atoms with Crippen LogP contribution in [-0.2, 0) is 29.4 Å². The smallest absolute Gasteiger partial charge is 0.413 e. The van der Waals surface area contributed by atoms with E-state index in [1.807, 2.05) is 0 Å². The molecule has 0 heterocycles. The molecule has 33 heavy (non-hydrogen) atoms. The van der Waals surface area contributed by atoms with E-state index in [2.05, 4.69) is 5.32 Å². The van der Waals surface area contributed by atoms with Gasteiger partial charge in [0.2, 0.25) is 12.7 Å². The summed E-state index contributed by atoms with van der Waals surface area (Å²) in [5.74, 6) is -1.61. The second kappa shape index (κ2) is 11.5. The van der Waals surface area contributed by atoms with Crippen molar-refractivity contribution in [2.45, 2.75) is 65.0 Å². The number of nitrogens with zero attached hydrogens (tertiary/aromatic N) is 1. The zero-order valence-electron chi connectivity index (χ0n) is 19.9. The van der Waals surface area contributed by atoms with E-state index in [1.165, 1.54) is 11.9 Å². The summed E-state index contributed by atoms with van der Waals surface area (Å²) in [6.07, 6.45) is 1.41. The van der Waals surface area contributed by atoms with Gasteiger partial charge in [0.15, 0.2) is 5.78 Å². The average Bonchev–Trinajstić information content (AvgIpc) is 2.77. The molecule has 2 amide bonds. The van der Waals surface area contributed by atoms with Crippen LogP contribution < -0.4 is 5.32 Å². The minimum Gasteiger partial charge on any atom is -0.426 e. The van der Waals surface area contributed by atoms with E-state index in [0.717, 1.165) is 12.8 Å². The highest BCUT2D eigenvalue weighted by atomic mass is 35.5. The first-order chi connectivity index (χ1) is 15.5. The number of benzene rings is 1. The van der Waals surface area contributed by atoms with Gasteiger partial charge in [-0.3, -0.25) is 14.5 Å². The second-order valence-corrected chi connectivity index (χ2v) is 9.31. The first-order valence-corrected chi connectivity index (χ1v) is 11.6. The maximum atomic E-state index is 13.1. The lowest BCUT2D eigenvalue weighted by Gasteiger charge is -2.43.